The number of hydrogen-bond donors (Lipinski definition) is 1. The number of nitrogens with zero attached hydrogens (tertiary/aromatic N) is 1. The Morgan fingerprint density at radius 1 is 1.53 bits per heavy atom. The number of carbonyl (C=O) groups is 1. The first kappa shape index (κ1) is 12.6. The Morgan fingerprint density at radius 3 is 2.73 bits per heavy atom. The summed E-state index contributed by atoms with van der Waals surface area (Å²) in [6.07, 6.45) is 1.64. The van der Waals surface area contributed by atoms with Gasteiger partial charge in [0.1, 0.15) is 5.82 Å². The number of carbonyl (C=O) groups excluding carboxylic acids is 1. The minimum absolute atomic E-state index is 0.0735. The van der Waals surface area contributed by atoms with E-state index in [4.69, 9.17) is 0 Å². The van der Waals surface area contributed by atoms with Crippen LogP contribution in [0.4, 0.5) is 5.82 Å². The maximum Gasteiger partial charge on any atom is 0.239 e. The first-order valence-electron chi connectivity index (χ1n) is 4.57. The van der Waals surface area contributed by atoms with Crippen LogP contribution in [-0.2, 0) is 4.79 Å². The number of alkyl halides is 1. The second-order valence-corrected chi connectivity index (χ2v) is 5.40. The van der Waals surface area contributed by atoms with E-state index in [2.05, 4.69) is 42.2 Å². The molecule has 0 saturated carbocycles. The van der Waals surface area contributed by atoms with Gasteiger partial charge >= 0.3 is 0 Å². The molecule has 0 bridgehead atoms. The third kappa shape index (κ3) is 3.91. The molecule has 1 heterocycles. The van der Waals surface area contributed by atoms with Crippen molar-refractivity contribution >= 4 is 43.6 Å². The Labute approximate surface area is 106 Å². The number of pyridine rings is 1. The van der Waals surface area contributed by atoms with Crippen molar-refractivity contribution in [2.24, 2.45) is 5.92 Å². The van der Waals surface area contributed by atoms with Gasteiger partial charge in [-0.25, -0.2) is 4.98 Å². The third-order valence-corrected chi connectivity index (χ3v) is 3.78. The maximum absolute atomic E-state index is 11.7. The maximum atomic E-state index is 11.7. The standard InChI is InChI=1S/C10H12Br2N2O/c1-6(2)9(12)10(15)14-8-5-7(11)3-4-13-8/h3-6,9H,1-2H3,(H,13,14,15). The molecule has 0 aliphatic carbocycles. The van der Waals surface area contributed by atoms with Crippen molar-refractivity contribution in [2.75, 3.05) is 5.32 Å². The van der Waals surface area contributed by atoms with Crippen LogP contribution < -0.4 is 5.32 Å². The van der Waals surface area contributed by atoms with Gasteiger partial charge in [0.25, 0.3) is 0 Å². The lowest BCUT2D eigenvalue weighted by atomic mass is 10.1. The molecule has 1 atom stereocenters. The average molecular weight is 336 g/mol. The summed E-state index contributed by atoms with van der Waals surface area (Å²) in [5.74, 6) is 0.729. The van der Waals surface area contributed by atoms with E-state index in [1.165, 1.54) is 0 Å². The zero-order chi connectivity index (χ0) is 11.4. The van der Waals surface area contributed by atoms with E-state index in [0.717, 1.165) is 4.47 Å². The summed E-state index contributed by atoms with van der Waals surface area (Å²) < 4.78 is 0.892. The summed E-state index contributed by atoms with van der Waals surface area (Å²) in [6, 6.07) is 3.57. The SMILES string of the molecule is CC(C)C(Br)C(=O)Nc1cc(Br)ccn1. The van der Waals surface area contributed by atoms with Crippen molar-refractivity contribution in [1.29, 1.82) is 0 Å². The highest BCUT2D eigenvalue weighted by atomic mass is 79.9. The summed E-state index contributed by atoms with van der Waals surface area (Å²) in [6.45, 7) is 3.96. The normalized spacial score (nSPS) is 12.6. The lowest BCUT2D eigenvalue weighted by Crippen LogP contribution is -2.27. The highest BCUT2D eigenvalue weighted by Gasteiger charge is 2.18. The van der Waals surface area contributed by atoms with Crippen LogP contribution in [0, 0.1) is 5.92 Å². The van der Waals surface area contributed by atoms with Gasteiger partial charge in [-0.15, -0.1) is 0 Å². The fraction of sp³-hybridized carbons (Fsp3) is 0.400. The van der Waals surface area contributed by atoms with Crippen LogP contribution in [0.1, 0.15) is 13.8 Å². The molecule has 0 spiro atoms. The quantitative estimate of drug-likeness (QED) is 0.862. The molecule has 1 unspecified atom stereocenters. The molecule has 1 aromatic heterocycles. The van der Waals surface area contributed by atoms with Crippen LogP contribution >= 0.6 is 31.9 Å². The van der Waals surface area contributed by atoms with Crippen molar-refractivity contribution in [3.63, 3.8) is 0 Å². The molecule has 0 fully saturated rings. The summed E-state index contributed by atoms with van der Waals surface area (Å²) in [5.41, 5.74) is 0. The van der Waals surface area contributed by atoms with Gasteiger partial charge in [0, 0.05) is 10.7 Å². The van der Waals surface area contributed by atoms with E-state index in [1.54, 1.807) is 12.3 Å². The van der Waals surface area contributed by atoms with Crippen molar-refractivity contribution in [3.8, 4) is 0 Å². The lowest BCUT2D eigenvalue weighted by molar-refractivity contribution is -0.116. The molecule has 3 nitrogen and oxygen atoms in total. The Kier molecular flexibility index (Phi) is 4.73. The number of rotatable bonds is 3. The molecule has 0 radical (unpaired) electrons. The molecular formula is C10H12Br2N2O. The molecule has 0 aliphatic heterocycles. The molecule has 1 rings (SSSR count). The number of halogens is 2. The Morgan fingerprint density at radius 2 is 2.20 bits per heavy atom. The highest BCUT2D eigenvalue weighted by Crippen LogP contribution is 2.16. The van der Waals surface area contributed by atoms with Gasteiger partial charge in [-0.2, -0.15) is 0 Å². The van der Waals surface area contributed by atoms with E-state index in [-0.39, 0.29) is 16.7 Å². The molecule has 1 amide bonds. The van der Waals surface area contributed by atoms with Gasteiger partial charge in [0.2, 0.25) is 5.91 Å². The second-order valence-electron chi connectivity index (χ2n) is 3.49. The highest BCUT2D eigenvalue weighted by molar-refractivity contribution is 9.10. The number of aromatic nitrogens is 1. The van der Waals surface area contributed by atoms with E-state index in [1.807, 2.05) is 19.9 Å². The number of nitrogens with one attached hydrogen (secondary N) is 1. The first-order valence-corrected chi connectivity index (χ1v) is 6.28. The molecule has 0 saturated heterocycles. The molecular weight excluding hydrogens is 324 g/mol. The number of hydrogen-bond acceptors (Lipinski definition) is 2. The molecule has 1 N–H and O–H groups in total. The second kappa shape index (κ2) is 5.61. The van der Waals surface area contributed by atoms with Crippen LogP contribution in [0.2, 0.25) is 0 Å². The first-order chi connectivity index (χ1) is 7.00. The fourth-order valence-corrected chi connectivity index (χ4v) is 1.42. The monoisotopic (exact) mass is 334 g/mol. The summed E-state index contributed by atoms with van der Waals surface area (Å²) >= 11 is 6.65. The minimum atomic E-state index is -0.196. The molecule has 1 aromatic rings. The van der Waals surface area contributed by atoms with Gasteiger partial charge in [-0.3, -0.25) is 4.79 Å². The fourth-order valence-electron chi connectivity index (χ4n) is 0.971. The Bertz CT molecular complexity index is 355. The molecule has 5 heteroatoms. The zero-order valence-electron chi connectivity index (χ0n) is 8.50. The lowest BCUT2D eigenvalue weighted by Gasteiger charge is -2.13. The van der Waals surface area contributed by atoms with Crippen LogP contribution in [0.3, 0.4) is 0 Å². The van der Waals surface area contributed by atoms with Crippen LogP contribution in [0.5, 0.6) is 0 Å². The van der Waals surface area contributed by atoms with E-state index >= 15 is 0 Å². The van der Waals surface area contributed by atoms with Crippen molar-refractivity contribution in [3.05, 3.63) is 22.8 Å². The summed E-state index contributed by atoms with van der Waals surface area (Å²) in [7, 11) is 0. The minimum Gasteiger partial charge on any atom is -0.310 e. The van der Waals surface area contributed by atoms with E-state index in [0.29, 0.717) is 5.82 Å². The van der Waals surface area contributed by atoms with Crippen LogP contribution in [0.25, 0.3) is 0 Å². The van der Waals surface area contributed by atoms with Crippen molar-refractivity contribution in [2.45, 2.75) is 18.7 Å². The largest absolute Gasteiger partial charge is 0.310 e. The van der Waals surface area contributed by atoms with Crippen LogP contribution in [0.15, 0.2) is 22.8 Å². The van der Waals surface area contributed by atoms with E-state index < -0.39 is 0 Å². The predicted octanol–water partition coefficient (Wildman–Crippen LogP) is 3.20. The average Bonchev–Trinajstić information content (AvgIpc) is 2.16. The van der Waals surface area contributed by atoms with Gasteiger partial charge in [-0.1, -0.05) is 45.7 Å². The van der Waals surface area contributed by atoms with Gasteiger partial charge < -0.3 is 5.32 Å². The topological polar surface area (TPSA) is 42.0 Å². The summed E-state index contributed by atoms with van der Waals surface area (Å²) in [5, 5.41) is 2.74. The van der Waals surface area contributed by atoms with Crippen LogP contribution in [-0.4, -0.2) is 15.7 Å². The zero-order valence-corrected chi connectivity index (χ0v) is 11.7. The molecule has 0 aliphatic rings. The predicted molar refractivity (Wildman–Crippen MR) is 68.1 cm³/mol. The van der Waals surface area contributed by atoms with Gasteiger partial charge in [-0.05, 0) is 18.1 Å². The van der Waals surface area contributed by atoms with Crippen molar-refractivity contribution in [1.82, 2.24) is 4.98 Å². The molecule has 15 heavy (non-hydrogen) atoms. The smallest absolute Gasteiger partial charge is 0.239 e. The molecule has 82 valence electrons. The number of amides is 1. The summed E-state index contributed by atoms with van der Waals surface area (Å²) in [4.78, 5) is 15.5. The third-order valence-electron chi connectivity index (χ3n) is 1.81. The Hall–Kier alpha value is -0.420. The van der Waals surface area contributed by atoms with E-state index in [9.17, 15) is 4.79 Å². The van der Waals surface area contributed by atoms with Crippen molar-refractivity contribution < 1.29 is 4.79 Å². The molecule has 0 aromatic carbocycles. The Balaban J connectivity index is 2.66. The number of anilines is 1. The van der Waals surface area contributed by atoms with Gasteiger partial charge in [0.05, 0.1) is 4.83 Å². The van der Waals surface area contributed by atoms with Gasteiger partial charge in [0.15, 0.2) is 0 Å².